The van der Waals surface area contributed by atoms with Gasteiger partial charge >= 0.3 is 5.97 Å². The number of carboxylic acids is 1. The minimum atomic E-state index is -0.860. The standard InChI is InChI=1S/C15H19NO3S/c1-9(2)11(15(18)19)7-16-14(17)12-8-20-13-6-4-3-5-10(12)13/h3-6,9,11-12H,7-8H2,1-2H3,(H,16,17)(H,18,19). The third-order valence-electron chi connectivity index (χ3n) is 3.63. The molecule has 1 amide bonds. The molecule has 2 N–H and O–H groups in total. The number of benzene rings is 1. The van der Waals surface area contributed by atoms with E-state index in [9.17, 15) is 9.59 Å². The fourth-order valence-electron chi connectivity index (χ4n) is 2.32. The van der Waals surface area contributed by atoms with Gasteiger partial charge in [0.15, 0.2) is 0 Å². The quantitative estimate of drug-likeness (QED) is 0.874. The predicted octanol–water partition coefficient (Wildman–Crippen LogP) is 2.35. The summed E-state index contributed by atoms with van der Waals surface area (Å²) in [6.07, 6.45) is 0. The van der Waals surface area contributed by atoms with Gasteiger partial charge in [0.05, 0.1) is 11.8 Å². The lowest BCUT2D eigenvalue weighted by atomic mass is 9.95. The van der Waals surface area contributed by atoms with Crippen molar-refractivity contribution in [1.82, 2.24) is 5.32 Å². The Morgan fingerprint density at radius 2 is 2.10 bits per heavy atom. The number of aliphatic carboxylic acids is 1. The molecular weight excluding hydrogens is 274 g/mol. The summed E-state index contributed by atoms with van der Waals surface area (Å²) >= 11 is 1.67. The Labute approximate surface area is 123 Å². The number of thioether (sulfide) groups is 1. The smallest absolute Gasteiger partial charge is 0.308 e. The zero-order chi connectivity index (χ0) is 14.7. The summed E-state index contributed by atoms with van der Waals surface area (Å²) in [6.45, 7) is 3.90. The van der Waals surface area contributed by atoms with Crippen molar-refractivity contribution < 1.29 is 14.7 Å². The van der Waals surface area contributed by atoms with Crippen LogP contribution in [0.1, 0.15) is 25.3 Å². The second-order valence-electron chi connectivity index (χ2n) is 5.34. The molecule has 0 saturated carbocycles. The molecule has 108 valence electrons. The lowest BCUT2D eigenvalue weighted by molar-refractivity contribution is -0.143. The molecule has 0 spiro atoms. The summed E-state index contributed by atoms with van der Waals surface area (Å²) in [5.74, 6) is -0.917. The van der Waals surface area contributed by atoms with E-state index in [4.69, 9.17) is 5.11 Å². The Bertz CT molecular complexity index is 516. The predicted molar refractivity (Wildman–Crippen MR) is 78.9 cm³/mol. The first kappa shape index (κ1) is 14.9. The molecule has 1 aromatic rings. The summed E-state index contributed by atoms with van der Waals surface area (Å²) in [4.78, 5) is 24.5. The van der Waals surface area contributed by atoms with Gasteiger partial charge in [0, 0.05) is 17.2 Å². The minimum absolute atomic E-state index is 0.00182. The lowest BCUT2D eigenvalue weighted by Crippen LogP contribution is -2.38. The maximum atomic E-state index is 12.2. The number of fused-ring (bicyclic) bond motifs is 1. The molecule has 0 radical (unpaired) electrons. The van der Waals surface area contributed by atoms with Crippen LogP contribution < -0.4 is 5.32 Å². The zero-order valence-electron chi connectivity index (χ0n) is 11.6. The molecule has 2 rings (SSSR count). The first-order valence-electron chi connectivity index (χ1n) is 6.73. The summed E-state index contributed by atoms with van der Waals surface area (Å²) in [7, 11) is 0. The monoisotopic (exact) mass is 293 g/mol. The molecular formula is C15H19NO3S. The van der Waals surface area contributed by atoms with Crippen LogP contribution in [0.5, 0.6) is 0 Å². The highest BCUT2D eigenvalue weighted by Crippen LogP contribution is 2.39. The minimum Gasteiger partial charge on any atom is -0.481 e. The number of carbonyl (C=O) groups excluding carboxylic acids is 1. The number of nitrogens with one attached hydrogen (secondary N) is 1. The molecule has 1 aliphatic rings. The number of carbonyl (C=O) groups is 2. The van der Waals surface area contributed by atoms with E-state index >= 15 is 0 Å². The van der Waals surface area contributed by atoms with Gasteiger partial charge in [0.2, 0.25) is 5.91 Å². The van der Waals surface area contributed by atoms with Crippen molar-refractivity contribution in [2.75, 3.05) is 12.3 Å². The van der Waals surface area contributed by atoms with Crippen LogP contribution in [0.15, 0.2) is 29.2 Å². The number of hydrogen-bond donors (Lipinski definition) is 2. The molecule has 2 atom stereocenters. The molecule has 5 heteroatoms. The Hall–Kier alpha value is -1.49. The molecule has 4 nitrogen and oxygen atoms in total. The van der Waals surface area contributed by atoms with E-state index in [0.717, 1.165) is 16.2 Å². The SMILES string of the molecule is CC(C)C(CNC(=O)C1CSc2ccccc21)C(=O)O. The van der Waals surface area contributed by atoms with Crippen molar-refractivity contribution in [3.05, 3.63) is 29.8 Å². The molecule has 0 bridgehead atoms. The third kappa shape index (κ3) is 3.15. The summed E-state index contributed by atoms with van der Waals surface area (Å²) < 4.78 is 0. The Kier molecular flexibility index (Phi) is 4.70. The highest BCUT2D eigenvalue weighted by atomic mass is 32.2. The molecule has 1 aromatic carbocycles. The van der Waals surface area contributed by atoms with Gasteiger partial charge in [-0.2, -0.15) is 0 Å². The fourth-order valence-corrected chi connectivity index (χ4v) is 3.55. The summed E-state index contributed by atoms with van der Waals surface area (Å²) in [5, 5.41) is 11.9. The number of carboxylic acid groups (broad SMARTS) is 1. The van der Waals surface area contributed by atoms with Crippen molar-refractivity contribution in [3.8, 4) is 0 Å². The van der Waals surface area contributed by atoms with E-state index in [1.165, 1.54) is 0 Å². The van der Waals surface area contributed by atoms with Crippen LogP contribution in [0.2, 0.25) is 0 Å². The van der Waals surface area contributed by atoms with Crippen LogP contribution in [0.3, 0.4) is 0 Å². The second-order valence-corrected chi connectivity index (χ2v) is 6.40. The first-order valence-corrected chi connectivity index (χ1v) is 7.71. The fraction of sp³-hybridized carbons (Fsp3) is 0.467. The van der Waals surface area contributed by atoms with Gasteiger partial charge in [0.25, 0.3) is 0 Å². The van der Waals surface area contributed by atoms with E-state index in [0.29, 0.717) is 0 Å². The topological polar surface area (TPSA) is 66.4 Å². The molecule has 2 unspecified atom stereocenters. The normalized spacial score (nSPS) is 18.6. The van der Waals surface area contributed by atoms with Crippen molar-refractivity contribution in [3.63, 3.8) is 0 Å². The maximum Gasteiger partial charge on any atom is 0.308 e. The number of rotatable bonds is 5. The average molecular weight is 293 g/mol. The molecule has 1 aliphatic heterocycles. The van der Waals surface area contributed by atoms with E-state index in [-0.39, 0.29) is 24.3 Å². The van der Waals surface area contributed by atoms with E-state index in [1.807, 2.05) is 38.1 Å². The van der Waals surface area contributed by atoms with Crippen molar-refractivity contribution in [2.45, 2.75) is 24.7 Å². The summed E-state index contributed by atoms with van der Waals surface area (Å²) in [6, 6.07) is 7.88. The Balaban J connectivity index is 1.98. The van der Waals surface area contributed by atoms with Crippen LogP contribution >= 0.6 is 11.8 Å². The Morgan fingerprint density at radius 3 is 2.75 bits per heavy atom. The Morgan fingerprint density at radius 1 is 1.40 bits per heavy atom. The molecule has 0 aliphatic carbocycles. The average Bonchev–Trinajstić information content (AvgIpc) is 2.81. The highest BCUT2D eigenvalue weighted by molar-refractivity contribution is 7.99. The number of amides is 1. The van der Waals surface area contributed by atoms with Crippen LogP contribution in [-0.2, 0) is 9.59 Å². The third-order valence-corrected chi connectivity index (χ3v) is 4.82. The van der Waals surface area contributed by atoms with Gasteiger partial charge in [-0.3, -0.25) is 9.59 Å². The van der Waals surface area contributed by atoms with Crippen molar-refractivity contribution in [2.24, 2.45) is 11.8 Å². The van der Waals surface area contributed by atoms with Gasteiger partial charge in [-0.25, -0.2) is 0 Å². The van der Waals surface area contributed by atoms with Gasteiger partial charge in [-0.05, 0) is 17.5 Å². The van der Waals surface area contributed by atoms with E-state index < -0.39 is 11.9 Å². The van der Waals surface area contributed by atoms with E-state index in [2.05, 4.69) is 5.32 Å². The van der Waals surface area contributed by atoms with Gasteiger partial charge in [-0.15, -0.1) is 11.8 Å². The molecule has 20 heavy (non-hydrogen) atoms. The molecule has 0 fully saturated rings. The van der Waals surface area contributed by atoms with Crippen LogP contribution in [-0.4, -0.2) is 29.3 Å². The van der Waals surface area contributed by atoms with Crippen LogP contribution in [0.25, 0.3) is 0 Å². The lowest BCUT2D eigenvalue weighted by Gasteiger charge is -2.18. The largest absolute Gasteiger partial charge is 0.481 e. The second kappa shape index (κ2) is 6.31. The van der Waals surface area contributed by atoms with Crippen molar-refractivity contribution in [1.29, 1.82) is 0 Å². The molecule has 0 saturated heterocycles. The van der Waals surface area contributed by atoms with Gasteiger partial charge in [-0.1, -0.05) is 32.0 Å². The first-order chi connectivity index (χ1) is 9.50. The molecule has 1 heterocycles. The van der Waals surface area contributed by atoms with Crippen molar-refractivity contribution >= 4 is 23.6 Å². The van der Waals surface area contributed by atoms with E-state index in [1.54, 1.807) is 11.8 Å². The summed E-state index contributed by atoms with van der Waals surface area (Å²) in [5.41, 5.74) is 1.05. The van der Waals surface area contributed by atoms with Crippen LogP contribution in [0.4, 0.5) is 0 Å². The number of hydrogen-bond acceptors (Lipinski definition) is 3. The maximum absolute atomic E-state index is 12.2. The highest BCUT2D eigenvalue weighted by Gasteiger charge is 2.30. The molecule has 0 aromatic heterocycles. The van der Waals surface area contributed by atoms with Gasteiger partial charge in [0.1, 0.15) is 0 Å². The van der Waals surface area contributed by atoms with Gasteiger partial charge < -0.3 is 10.4 Å². The zero-order valence-corrected chi connectivity index (χ0v) is 12.4. The van der Waals surface area contributed by atoms with Crippen LogP contribution in [0, 0.1) is 11.8 Å².